The van der Waals surface area contributed by atoms with Gasteiger partial charge in [-0.15, -0.1) is 0 Å². The second kappa shape index (κ2) is 6.85. The Morgan fingerprint density at radius 2 is 1.85 bits per heavy atom. The Morgan fingerprint density at radius 1 is 1.05 bits per heavy atom. The number of nitrogens with zero attached hydrogens (tertiary/aromatic N) is 1. The van der Waals surface area contributed by atoms with Crippen molar-refractivity contribution in [2.24, 2.45) is 0 Å². The minimum absolute atomic E-state index is 0.691. The zero-order valence-electron chi connectivity index (χ0n) is 12.2. The molecule has 0 heterocycles. The van der Waals surface area contributed by atoms with E-state index in [-0.39, 0.29) is 0 Å². The number of nitrogens with two attached hydrogens (primary N) is 1. The van der Waals surface area contributed by atoms with Gasteiger partial charge in [0.2, 0.25) is 0 Å². The van der Waals surface area contributed by atoms with E-state index in [2.05, 4.69) is 30.0 Å². The van der Waals surface area contributed by atoms with Gasteiger partial charge < -0.3 is 15.4 Å². The van der Waals surface area contributed by atoms with Crippen LogP contribution in [0.3, 0.4) is 0 Å². The molecule has 0 aliphatic heterocycles. The molecule has 0 unspecified atom stereocenters. The topological polar surface area (TPSA) is 38.5 Å². The number of rotatable bonds is 6. The third-order valence-electron chi connectivity index (χ3n) is 3.20. The number of benzene rings is 2. The molecule has 0 saturated carbocycles. The van der Waals surface area contributed by atoms with E-state index in [0.717, 1.165) is 30.2 Å². The SMILES string of the molecule is CCOc1cccc(CN(CC)c2cccc(N)c2)c1. The summed E-state index contributed by atoms with van der Waals surface area (Å²) in [6.45, 7) is 6.62. The molecule has 0 atom stereocenters. The number of nitrogen functional groups attached to an aromatic ring is 1. The van der Waals surface area contributed by atoms with Crippen molar-refractivity contribution in [3.8, 4) is 5.75 Å². The molecule has 3 nitrogen and oxygen atoms in total. The molecule has 106 valence electrons. The summed E-state index contributed by atoms with van der Waals surface area (Å²) in [7, 11) is 0. The molecule has 3 heteroatoms. The molecule has 0 amide bonds. The molecule has 20 heavy (non-hydrogen) atoms. The van der Waals surface area contributed by atoms with Gasteiger partial charge in [-0.2, -0.15) is 0 Å². The van der Waals surface area contributed by atoms with Crippen molar-refractivity contribution in [1.82, 2.24) is 0 Å². The summed E-state index contributed by atoms with van der Waals surface area (Å²) >= 11 is 0. The molecule has 2 aromatic rings. The molecule has 0 aliphatic rings. The maximum Gasteiger partial charge on any atom is 0.119 e. The molecule has 0 aliphatic carbocycles. The highest BCUT2D eigenvalue weighted by Crippen LogP contribution is 2.21. The Morgan fingerprint density at radius 3 is 2.55 bits per heavy atom. The van der Waals surface area contributed by atoms with Crippen LogP contribution in [0.15, 0.2) is 48.5 Å². The lowest BCUT2D eigenvalue weighted by atomic mass is 10.2. The average Bonchev–Trinajstić information content (AvgIpc) is 2.45. The molecular formula is C17H22N2O. The number of ether oxygens (including phenoxy) is 1. The monoisotopic (exact) mass is 270 g/mol. The van der Waals surface area contributed by atoms with Crippen molar-refractivity contribution >= 4 is 11.4 Å². The van der Waals surface area contributed by atoms with Crippen LogP contribution < -0.4 is 15.4 Å². The van der Waals surface area contributed by atoms with Crippen LogP contribution in [-0.4, -0.2) is 13.2 Å². The highest BCUT2D eigenvalue weighted by atomic mass is 16.5. The van der Waals surface area contributed by atoms with E-state index >= 15 is 0 Å². The fourth-order valence-electron chi connectivity index (χ4n) is 2.23. The van der Waals surface area contributed by atoms with Crippen molar-refractivity contribution in [2.45, 2.75) is 20.4 Å². The zero-order valence-corrected chi connectivity index (χ0v) is 12.2. The predicted octanol–water partition coefficient (Wildman–Crippen LogP) is 3.69. The summed E-state index contributed by atoms with van der Waals surface area (Å²) in [5.41, 5.74) is 9.04. The summed E-state index contributed by atoms with van der Waals surface area (Å²) in [6.07, 6.45) is 0. The van der Waals surface area contributed by atoms with Crippen molar-refractivity contribution in [3.05, 3.63) is 54.1 Å². The maximum atomic E-state index is 5.86. The van der Waals surface area contributed by atoms with Gasteiger partial charge in [0.1, 0.15) is 5.75 Å². The lowest BCUT2D eigenvalue weighted by Gasteiger charge is -2.23. The molecule has 0 bridgehead atoms. The van der Waals surface area contributed by atoms with Gasteiger partial charge in [0.15, 0.2) is 0 Å². The van der Waals surface area contributed by atoms with Gasteiger partial charge in [-0.25, -0.2) is 0 Å². The smallest absolute Gasteiger partial charge is 0.119 e. The molecule has 0 spiro atoms. The van der Waals surface area contributed by atoms with Crippen LogP contribution in [0.4, 0.5) is 11.4 Å². The highest BCUT2D eigenvalue weighted by Gasteiger charge is 2.06. The zero-order chi connectivity index (χ0) is 14.4. The van der Waals surface area contributed by atoms with Gasteiger partial charge in [0, 0.05) is 24.5 Å². The van der Waals surface area contributed by atoms with Gasteiger partial charge in [0.25, 0.3) is 0 Å². The van der Waals surface area contributed by atoms with Crippen molar-refractivity contribution in [1.29, 1.82) is 0 Å². The lowest BCUT2D eigenvalue weighted by molar-refractivity contribution is 0.340. The first-order valence-corrected chi connectivity index (χ1v) is 7.05. The molecule has 0 aromatic heterocycles. The minimum atomic E-state index is 0.691. The van der Waals surface area contributed by atoms with E-state index in [0.29, 0.717) is 6.61 Å². The molecule has 2 N–H and O–H groups in total. The summed E-state index contributed by atoms with van der Waals surface area (Å²) in [6, 6.07) is 16.2. The van der Waals surface area contributed by atoms with Gasteiger partial charge in [-0.3, -0.25) is 0 Å². The van der Waals surface area contributed by atoms with Crippen molar-refractivity contribution in [2.75, 3.05) is 23.8 Å². The molecule has 0 fully saturated rings. The van der Waals surface area contributed by atoms with Crippen molar-refractivity contribution in [3.63, 3.8) is 0 Å². The van der Waals surface area contributed by atoms with Gasteiger partial charge in [-0.05, 0) is 49.7 Å². The van der Waals surface area contributed by atoms with Crippen molar-refractivity contribution < 1.29 is 4.74 Å². The molecule has 2 rings (SSSR count). The number of hydrogen-bond donors (Lipinski definition) is 1. The van der Waals surface area contributed by atoms with E-state index < -0.39 is 0 Å². The van der Waals surface area contributed by atoms with E-state index in [1.807, 2.05) is 37.3 Å². The Balaban J connectivity index is 2.15. The van der Waals surface area contributed by atoms with E-state index in [9.17, 15) is 0 Å². The standard InChI is InChI=1S/C17H22N2O/c1-3-19(16-9-6-8-15(18)12-16)13-14-7-5-10-17(11-14)20-4-2/h5-12H,3-4,13,18H2,1-2H3. The minimum Gasteiger partial charge on any atom is -0.494 e. The fourth-order valence-corrected chi connectivity index (χ4v) is 2.23. The molecular weight excluding hydrogens is 248 g/mol. The first kappa shape index (κ1) is 14.3. The number of hydrogen-bond acceptors (Lipinski definition) is 3. The molecule has 0 saturated heterocycles. The van der Waals surface area contributed by atoms with Crippen LogP contribution in [0.2, 0.25) is 0 Å². The summed E-state index contributed by atoms with van der Waals surface area (Å²) in [5, 5.41) is 0. The largest absolute Gasteiger partial charge is 0.494 e. The van der Waals surface area contributed by atoms with E-state index in [1.54, 1.807) is 0 Å². The Labute approximate surface area is 121 Å². The maximum absolute atomic E-state index is 5.86. The Bertz CT molecular complexity index is 554. The second-order valence-corrected chi connectivity index (χ2v) is 4.69. The third-order valence-corrected chi connectivity index (χ3v) is 3.20. The second-order valence-electron chi connectivity index (χ2n) is 4.69. The third kappa shape index (κ3) is 3.67. The fraction of sp³-hybridized carbons (Fsp3) is 0.294. The summed E-state index contributed by atoms with van der Waals surface area (Å²) in [4.78, 5) is 2.29. The molecule has 2 aromatic carbocycles. The van der Waals surface area contributed by atoms with Gasteiger partial charge in [-0.1, -0.05) is 18.2 Å². The van der Waals surface area contributed by atoms with E-state index in [4.69, 9.17) is 10.5 Å². The summed E-state index contributed by atoms with van der Waals surface area (Å²) in [5.74, 6) is 0.925. The van der Waals surface area contributed by atoms with Crippen LogP contribution in [0.1, 0.15) is 19.4 Å². The van der Waals surface area contributed by atoms with E-state index in [1.165, 1.54) is 5.56 Å². The van der Waals surface area contributed by atoms with Crippen LogP contribution >= 0.6 is 0 Å². The van der Waals surface area contributed by atoms with Crippen LogP contribution in [0.25, 0.3) is 0 Å². The number of anilines is 2. The van der Waals surface area contributed by atoms with Gasteiger partial charge >= 0.3 is 0 Å². The first-order valence-electron chi connectivity index (χ1n) is 7.05. The van der Waals surface area contributed by atoms with Crippen LogP contribution in [0, 0.1) is 0 Å². The van der Waals surface area contributed by atoms with Gasteiger partial charge in [0.05, 0.1) is 6.61 Å². The Kier molecular flexibility index (Phi) is 4.88. The van der Waals surface area contributed by atoms with Crippen LogP contribution in [0.5, 0.6) is 5.75 Å². The first-order chi connectivity index (χ1) is 9.72. The predicted molar refractivity (Wildman–Crippen MR) is 85.2 cm³/mol. The normalized spacial score (nSPS) is 10.3. The molecule has 0 radical (unpaired) electrons. The highest BCUT2D eigenvalue weighted by molar-refractivity contribution is 5.56. The Hall–Kier alpha value is -2.16. The summed E-state index contributed by atoms with van der Waals surface area (Å²) < 4.78 is 5.55. The van der Waals surface area contributed by atoms with Crippen LogP contribution in [-0.2, 0) is 6.54 Å². The quantitative estimate of drug-likeness (QED) is 0.813. The lowest BCUT2D eigenvalue weighted by Crippen LogP contribution is -2.22. The average molecular weight is 270 g/mol.